The van der Waals surface area contributed by atoms with Gasteiger partial charge in [0, 0.05) is 11.8 Å². The summed E-state index contributed by atoms with van der Waals surface area (Å²) in [4.78, 5) is 14.6. The molecule has 0 radical (unpaired) electrons. The molecule has 4 heteroatoms. The van der Waals surface area contributed by atoms with Crippen LogP contribution in [0.4, 0.5) is 0 Å². The van der Waals surface area contributed by atoms with Crippen molar-refractivity contribution in [2.24, 2.45) is 5.92 Å². The number of aliphatic hydroxyl groups excluding tert-OH is 1. The number of amides is 1. The van der Waals surface area contributed by atoms with Crippen LogP contribution in [-0.4, -0.2) is 34.6 Å². The van der Waals surface area contributed by atoms with Crippen molar-refractivity contribution in [2.75, 3.05) is 6.61 Å². The monoisotopic (exact) mass is 350 g/mol. The van der Waals surface area contributed by atoms with Crippen LogP contribution in [0.5, 0.6) is 0 Å². The number of carbonyl (C=O) groups is 1. The van der Waals surface area contributed by atoms with Crippen LogP contribution >= 0.6 is 0 Å². The van der Waals surface area contributed by atoms with Crippen molar-refractivity contribution in [3.05, 3.63) is 41.5 Å². The second-order valence-electron chi connectivity index (χ2n) is 7.79. The Morgan fingerprint density at radius 2 is 2.00 bits per heavy atom. The fourth-order valence-corrected chi connectivity index (χ4v) is 5.06. The molecule has 26 heavy (non-hydrogen) atoms. The third-order valence-corrected chi connectivity index (χ3v) is 6.40. The Bertz CT molecular complexity index is 758. The molecule has 0 spiro atoms. The first kappa shape index (κ1) is 17.3. The van der Waals surface area contributed by atoms with E-state index < -0.39 is 6.04 Å². The number of nitriles is 1. The zero-order valence-electron chi connectivity index (χ0n) is 15.1. The zero-order chi connectivity index (χ0) is 18.1. The number of carbonyl (C=O) groups excluding carboxylic acids is 1. The lowest BCUT2D eigenvalue weighted by molar-refractivity contribution is -0.151. The molecule has 3 atom stereocenters. The summed E-state index contributed by atoms with van der Waals surface area (Å²) in [5.41, 5.74) is 3.65. The van der Waals surface area contributed by atoms with Crippen LogP contribution in [0, 0.1) is 17.2 Å². The van der Waals surface area contributed by atoms with Gasteiger partial charge in [-0.1, -0.05) is 43.2 Å². The summed E-state index contributed by atoms with van der Waals surface area (Å²) >= 11 is 0. The van der Waals surface area contributed by atoms with E-state index in [2.05, 4.69) is 24.3 Å². The molecule has 1 aromatic rings. The highest BCUT2D eigenvalue weighted by molar-refractivity contribution is 5.82. The summed E-state index contributed by atoms with van der Waals surface area (Å²) in [6.45, 7) is -0.0886. The van der Waals surface area contributed by atoms with Crippen molar-refractivity contribution in [2.45, 2.75) is 62.9 Å². The Balaban J connectivity index is 1.65. The topological polar surface area (TPSA) is 64.3 Å². The summed E-state index contributed by atoms with van der Waals surface area (Å²) in [7, 11) is 0. The maximum absolute atomic E-state index is 12.9. The Labute approximate surface area is 155 Å². The Hall–Kier alpha value is -2.12. The summed E-state index contributed by atoms with van der Waals surface area (Å²) in [6.07, 6.45) is 9.64. The highest BCUT2D eigenvalue weighted by Crippen LogP contribution is 2.45. The third-order valence-electron chi connectivity index (χ3n) is 6.40. The lowest BCUT2D eigenvalue weighted by atomic mass is 9.72. The van der Waals surface area contributed by atoms with E-state index in [1.165, 1.54) is 17.6 Å². The molecular formula is C22H26N2O2. The summed E-state index contributed by atoms with van der Waals surface area (Å²) in [5, 5.41) is 19.8. The molecule has 4 rings (SSSR count). The minimum Gasteiger partial charge on any atom is -0.394 e. The summed E-state index contributed by atoms with van der Waals surface area (Å²) < 4.78 is 0. The number of hydrogen-bond acceptors (Lipinski definition) is 3. The van der Waals surface area contributed by atoms with Gasteiger partial charge in [-0.15, -0.1) is 0 Å². The van der Waals surface area contributed by atoms with E-state index in [9.17, 15) is 15.2 Å². The van der Waals surface area contributed by atoms with E-state index in [4.69, 9.17) is 0 Å². The minimum absolute atomic E-state index is 0.0358. The highest BCUT2D eigenvalue weighted by Gasteiger charge is 2.53. The quantitative estimate of drug-likeness (QED) is 0.902. The van der Waals surface area contributed by atoms with E-state index in [0.29, 0.717) is 0 Å². The Morgan fingerprint density at radius 1 is 1.23 bits per heavy atom. The number of hydrogen-bond donors (Lipinski definition) is 1. The van der Waals surface area contributed by atoms with Gasteiger partial charge in [0.05, 0.1) is 18.7 Å². The van der Waals surface area contributed by atoms with Crippen LogP contribution in [0.3, 0.4) is 0 Å². The predicted molar refractivity (Wildman–Crippen MR) is 100 cm³/mol. The number of allylic oxidation sites excluding steroid dienone is 2. The first-order valence-electron chi connectivity index (χ1n) is 9.87. The zero-order valence-corrected chi connectivity index (χ0v) is 15.1. The fraction of sp³-hybridized carbons (Fsp3) is 0.545. The van der Waals surface area contributed by atoms with Crippen molar-refractivity contribution in [1.29, 1.82) is 5.26 Å². The van der Waals surface area contributed by atoms with Crippen molar-refractivity contribution in [3.63, 3.8) is 0 Å². The summed E-state index contributed by atoms with van der Waals surface area (Å²) in [5.74, 6) is 0.00333. The molecule has 136 valence electrons. The van der Waals surface area contributed by atoms with Crippen LogP contribution in [-0.2, 0) is 4.79 Å². The van der Waals surface area contributed by atoms with E-state index >= 15 is 0 Å². The van der Waals surface area contributed by atoms with Gasteiger partial charge < -0.3 is 10.0 Å². The predicted octanol–water partition coefficient (Wildman–Crippen LogP) is 3.62. The lowest BCUT2D eigenvalue weighted by Gasteiger charge is -2.53. The van der Waals surface area contributed by atoms with Crippen LogP contribution in [0.2, 0.25) is 0 Å². The van der Waals surface area contributed by atoms with E-state index in [0.717, 1.165) is 44.1 Å². The molecule has 1 N–H and O–H groups in total. The number of likely N-dealkylation sites (tertiary alicyclic amines) is 1. The molecule has 0 bridgehead atoms. The van der Waals surface area contributed by atoms with Crippen LogP contribution < -0.4 is 0 Å². The van der Waals surface area contributed by atoms with Gasteiger partial charge >= 0.3 is 0 Å². The van der Waals surface area contributed by atoms with Crippen LogP contribution in [0.25, 0.3) is 5.57 Å². The van der Waals surface area contributed by atoms with Crippen molar-refractivity contribution >= 4 is 11.5 Å². The molecule has 1 aromatic carbocycles. The minimum atomic E-state index is -0.469. The van der Waals surface area contributed by atoms with E-state index in [-0.39, 0.29) is 30.4 Å². The van der Waals surface area contributed by atoms with Gasteiger partial charge in [0.2, 0.25) is 5.91 Å². The van der Waals surface area contributed by atoms with Crippen molar-refractivity contribution in [1.82, 2.24) is 4.90 Å². The molecule has 1 heterocycles. The molecule has 2 aliphatic carbocycles. The normalized spacial score (nSPS) is 28.5. The average molecular weight is 350 g/mol. The molecule has 1 saturated carbocycles. The molecule has 0 unspecified atom stereocenters. The molecule has 1 amide bonds. The molecule has 1 aliphatic heterocycles. The maximum Gasteiger partial charge on any atom is 0.227 e. The van der Waals surface area contributed by atoms with E-state index in [1.54, 1.807) is 4.90 Å². The highest BCUT2D eigenvalue weighted by atomic mass is 16.3. The fourth-order valence-electron chi connectivity index (χ4n) is 5.06. The first-order valence-corrected chi connectivity index (χ1v) is 9.87. The standard InChI is InChI=1S/C22H26N2O2/c23-13-19-21(18-12-6-5-11-17(18)15-7-1-2-8-15)20(14-25)24(19)22(26)16-9-3-4-10-16/h5-7,11-12,16,19-21,25H,1-4,8-10,14H2/t19-,20-,21+/m1/s1. The van der Waals surface area contributed by atoms with Gasteiger partial charge in [0.1, 0.15) is 6.04 Å². The van der Waals surface area contributed by atoms with Gasteiger partial charge in [-0.3, -0.25) is 4.79 Å². The van der Waals surface area contributed by atoms with Crippen LogP contribution in [0.15, 0.2) is 30.3 Å². The Morgan fingerprint density at radius 3 is 2.65 bits per heavy atom. The van der Waals surface area contributed by atoms with Gasteiger partial charge in [-0.25, -0.2) is 0 Å². The van der Waals surface area contributed by atoms with Gasteiger partial charge in [0.25, 0.3) is 0 Å². The van der Waals surface area contributed by atoms with Crippen LogP contribution in [0.1, 0.15) is 62.0 Å². The van der Waals surface area contributed by atoms with E-state index in [1.807, 2.05) is 12.1 Å². The summed E-state index contributed by atoms with van der Waals surface area (Å²) in [6, 6.07) is 9.84. The largest absolute Gasteiger partial charge is 0.394 e. The van der Waals surface area contributed by atoms with Crippen molar-refractivity contribution in [3.8, 4) is 6.07 Å². The maximum atomic E-state index is 12.9. The van der Waals surface area contributed by atoms with Gasteiger partial charge in [-0.2, -0.15) is 5.26 Å². The van der Waals surface area contributed by atoms with Gasteiger partial charge in [0.15, 0.2) is 0 Å². The molecular weight excluding hydrogens is 324 g/mol. The molecule has 0 aromatic heterocycles. The number of benzene rings is 1. The lowest BCUT2D eigenvalue weighted by Crippen LogP contribution is -2.66. The smallest absolute Gasteiger partial charge is 0.227 e. The van der Waals surface area contributed by atoms with Gasteiger partial charge in [-0.05, 0) is 48.8 Å². The molecule has 1 saturated heterocycles. The molecule has 3 aliphatic rings. The second kappa shape index (κ2) is 7.25. The molecule has 2 fully saturated rings. The third kappa shape index (κ3) is 2.75. The average Bonchev–Trinajstić information content (AvgIpc) is 3.36. The molecule has 4 nitrogen and oxygen atoms in total. The SMILES string of the molecule is N#C[C@@H]1[C@H](c2ccccc2C2=CCCC2)[C@@H](CO)N1C(=O)C1CCCC1. The first-order chi connectivity index (χ1) is 12.8. The van der Waals surface area contributed by atoms with Crippen molar-refractivity contribution < 1.29 is 9.90 Å². The second-order valence-corrected chi connectivity index (χ2v) is 7.79. The number of nitrogens with zero attached hydrogens (tertiary/aromatic N) is 2. The Kier molecular flexibility index (Phi) is 4.82. The number of rotatable bonds is 4. The number of aliphatic hydroxyl groups is 1.